The minimum absolute atomic E-state index is 0.118. The van der Waals surface area contributed by atoms with Gasteiger partial charge in [0.2, 0.25) is 0 Å². The predicted molar refractivity (Wildman–Crippen MR) is 94.1 cm³/mol. The average Bonchev–Trinajstić information content (AvgIpc) is 3.51. The van der Waals surface area contributed by atoms with E-state index >= 15 is 0 Å². The lowest BCUT2D eigenvalue weighted by Crippen LogP contribution is -2.42. The van der Waals surface area contributed by atoms with E-state index in [9.17, 15) is 4.79 Å². The zero-order chi connectivity index (χ0) is 16.6. The molecule has 0 amide bonds. The summed E-state index contributed by atoms with van der Waals surface area (Å²) in [6, 6.07) is 11.5. The summed E-state index contributed by atoms with van der Waals surface area (Å²) in [6.45, 7) is 4.18. The minimum Gasteiger partial charge on any atom is -0.481 e. The fraction of sp³-hybridized carbons (Fsp3) is 0.650. The Labute approximate surface area is 144 Å². The first kappa shape index (κ1) is 16.1. The van der Waals surface area contributed by atoms with Gasteiger partial charge in [-0.1, -0.05) is 30.3 Å². The molecule has 1 saturated heterocycles. The summed E-state index contributed by atoms with van der Waals surface area (Å²) in [4.78, 5) is 13.6. The number of nitrogens with one attached hydrogen (secondary N) is 1. The van der Waals surface area contributed by atoms with E-state index in [0.717, 1.165) is 39.0 Å². The lowest BCUT2D eigenvalue weighted by Gasteiger charge is -2.33. The summed E-state index contributed by atoms with van der Waals surface area (Å²) in [5, 5.41) is 12.9. The molecule has 1 unspecified atom stereocenters. The monoisotopic (exact) mass is 328 g/mol. The van der Waals surface area contributed by atoms with Crippen LogP contribution in [-0.4, -0.2) is 48.2 Å². The van der Waals surface area contributed by atoms with Crippen molar-refractivity contribution in [1.29, 1.82) is 0 Å². The predicted octanol–water partition coefficient (Wildman–Crippen LogP) is 2.71. The van der Waals surface area contributed by atoms with Gasteiger partial charge >= 0.3 is 5.97 Å². The van der Waals surface area contributed by atoms with E-state index in [-0.39, 0.29) is 5.92 Å². The van der Waals surface area contributed by atoms with E-state index in [0.29, 0.717) is 17.4 Å². The van der Waals surface area contributed by atoms with Crippen molar-refractivity contribution in [1.82, 2.24) is 10.2 Å². The molecule has 130 valence electrons. The van der Waals surface area contributed by atoms with Crippen LogP contribution in [0.1, 0.15) is 43.6 Å². The van der Waals surface area contributed by atoms with Crippen LogP contribution in [-0.2, 0) is 4.79 Å². The number of hydrogen-bond acceptors (Lipinski definition) is 3. The molecule has 4 nitrogen and oxygen atoms in total. The van der Waals surface area contributed by atoms with Gasteiger partial charge < -0.3 is 15.3 Å². The lowest BCUT2D eigenvalue weighted by atomic mass is 9.95. The van der Waals surface area contributed by atoms with Crippen LogP contribution in [0.3, 0.4) is 0 Å². The van der Waals surface area contributed by atoms with Crippen molar-refractivity contribution < 1.29 is 9.90 Å². The van der Waals surface area contributed by atoms with Crippen LogP contribution in [0.2, 0.25) is 0 Å². The first-order valence-corrected chi connectivity index (χ1v) is 9.39. The molecule has 2 aliphatic carbocycles. The van der Waals surface area contributed by atoms with Crippen molar-refractivity contribution in [3.8, 4) is 0 Å². The Hall–Kier alpha value is -1.39. The molecule has 0 spiro atoms. The van der Waals surface area contributed by atoms with Gasteiger partial charge in [-0.15, -0.1) is 0 Å². The maximum Gasteiger partial charge on any atom is 0.306 e. The second-order valence-electron chi connectivity index (χ2n) is 8.13. The number of likely N-dealkylation sites (tertiary alicyclic amines) is 1. The summed E-state index contributed by atoms with van der Waals surface area (Å²) in [6.07, 6.45) is 5.54. The molecule has 0 aromatic heterocycles. The third kappa shape index (κ3) is 3.65. The summed E-state index contributed by atoms with van der Waals surface area (Å²) in [5.41, 5.74) is 1.93. The molecule has 0 bridgehead atoms. The molecule has 24 heavy (non-hydrogen) atoms. The van der Waals surface area contributed by atoms with Crippen molar-refractivity contribution in [2.45, 2.75) is 44.1 Å². The van der Waals surface area contributed by atoms with Crippen molar-refractivity contribution in [3.63, 3.8) is 0 Å². The SMILES string of the molecule is O=C(O)C1CCN(CC2(CNC3C[C@@H]3c3ccccc3)CC2)CC1. The Kier molecular flexibility index (Phi) is 4.35. The molecule has 1 aromatic carbocycles. The molecular formula is C20H28N2O2. The second kappa shape index (κ2) is 6.49. The quantitative estimate of drug-likeness (QED) is 0.808. The van der Waals surface area contributed by atoms with Gasteiger partial charge in [0.25, 0.3) is 0 Å². The number of aliphatic carboxylic acids is 1. The molecule has 4 heteroatoms. The molecule has 3 aliphatic rings. The van der Waals surface area contributed by atoms with Gasteiger partial charge in [-0.05, 0) is 56.2 Å². The average molecular weight is 328 g/mol. The normalized spacial score (nSPS) is 29.3. The topological polar surface area (TPSA) is 52.6 Å². The molecule has 4 rings (SSSR count). The fourth-order valence-electron chi connectivity index (χ4n) is 4.22. The molecule has 2 N–H and O–H groups in total. The Morgan fingerprint density at radius 3 is 2.54 bits per heavy atom. The Morgan fingerprint density at radius 1 is 1.21 bits per heavy atom. The maximum absolute atomic E-state index is 11.1. The van der Waals surface area contributed by atoms with Crippen LogP contribution in [0.25, 0.3) is 0 Å². The van der Waals surface area contributed by atoms with E-state index in [2.05, 4.69) is 40.5 Å². The first-order chi connectivity index (χ1) is 11.7. The fourth-order valence-corrected chi connectivity index (χ4v) is 4.22. The smallest absolute Gasteiger partial charge is 0.306 e. The second-order valence-corrected chi connectivity index (χ2v) is 8.13. The standard InChI is InChI=1S/C20H28N2O2/c23-19(24)16-6-10-22(11-7-16)14-20(8-9-20)13-21-18-12-17(18)15-4-2-1-3-5-15/h1-5,16-18,21H,6-14H2,(H,23,24)/t17-,18?/m1/s1. The van der Waals surface area contributed by atoms with Crippen molar-refractivity contribution >= 4 is 5.97 Å². The third-order valence-corrected chi connectivity index (χ3v) is 6.21. The molecule has 1 aliphatic heterocycles. The van der Waals surface area contributed by atoms with Crippen LogP contribution < -0.4 is 5.32 Å². The zero-order valence-corrected chi connectivity index (χ0v) is 14.3. The number of nitrogens with zero attached hydrogens (tertiary/aromatic N) is 1. The van der Waals surface area contributed by atoms with E-state index in [1.54, 1.807) is 0 Å². The number of piperidine rings is 1. The van der Waals surface area contributed by atoms with Gasteiger partial charge in [0.15, 0.2) is 0 Å². The van der Waals surface area contributed by atoms with Gasteiger partial charge in [-0.3, -0.25) is 4.79 Å². The van der Waals surface area contributed by atoms with Gasteiger partial charge in [-0.25, -0.2) is 0 Å². The van der Waals surface area contributed by atoms with E-state index in [1.165, 1.54) is 24.8 Å². The lowest BCUT2D eigenvalue weighted by molar-refractivity contribution is -0.143. The number of carboxylic acid groups (broad SMARTS) is 1. The maximum atomic E-state index is 11.1. The largest absolute Gasteiger partial charge is 0.481 e. The Balaban J connectivity index is 1.21. The molecular weight excluding hydrogens is 300 g/mol. The minimum atomic E-state index is -0.613. The van der Waals surface area contributed by atoms with Gasteiger partial charge in [-0.2, -0.15) is 0 Å². The molecule has 2 atom stereocenters. The molecule has 2 saturated carbocycles. The Morgan fingerprint density at radius 2 is 1.92 bits per heavy atom. The highest BCUT2D eigenvalue weighted by atomic mass is 16.4. The zero-order valence-electron chi connectivity index (χ0n) is 14.3. The number of hydrogen-bond donors (Lipinski definition) is 2. The highest BCUT2D eigenvalue weighted by molar-refractivity contribution is 5.70. The van der Waals surface area contributed by atoms with Crippen molar-refractivity contribution in [2.75, 3.05) is 26.2 Å². The van der Waals surface area contributed by atoms with Gasteiger partial charge in [0.1, 0.15) is 0 Å². The third-order valence-electron chi connectivity index (χ3n) is 6.21. The van der Waals surface area contributed by atoms with Gasteiger partial charge in [0.05, 0.1) is 5.92 Å². The van der Waals surface area contributed by atoms with E-state index < -0.39 is 5.97 Å². The first-order valence-electron chi connectivity index (χ1n) is 9.39. The molecule has 1 heterocycles. The molecule has 0 radical (unpaired) electrons. The highest BCUT2D eigenvalue weighted by Gasteiger charge is 2.46. The van der Waals surface area contributed by atoms with Crippen LogP contribution in [0.15, 0.2) is 30.3 Å². The van der Waals surface area contributed by atoms with Gasteiger partial charge in [0, 0.05) is 25.0 Å². The summed E-state index contributed by atoms with van der Waals surface area (Å²) >= 11 is 0. The van der Waals surface area contributed by atoms with Crippen LogP contribution in [0.5, 0.6) is 0 Å². The number of benzene rings is 1. The summed E-state index contributed by atoms with van der Waals surface area (Å²) in [5.74, 6) is -0.0286. The van der Waals surface area contributed by atoms with Crippen LogP contribution in [0, 0.1) is 11.3 Å². The van der Waals surface area contributed by atoms with E-state index in [1.807, 2.05) is 0 Å². The summed E-state index contributed by atoms with van der Waals surface area (Å²) in [7, 11) is 0. The number of rotatable bonds is 7. The Bertz CT molecular complexity index is 577. The molecule has 3 fully saturated rings. The van der Waals surface area contributed by atoms with E-state index in [4.69, 9.17) is 5.11 Å². The van der Waals surface area contributed by atoms with Crippen molar-refractivity contribution in [3.05, 3.63) is 35.9 Å². The van der Waals surface area contributed by atoms with Crippen molar-refractivity contribution in [2.24, 2.45) is 11.3 Å². The van der Waals surface area contributed by atoms with Crippen LogP contribution >= 0.6 is 0 Å². The van der Waals surface area contributed by atoms with Crippen LogP contribution in [0.4, 0.5) is 0 Å². The number of carboxylic acids is 1. The highest BCUT2D eigenvalue weighted by Crippen LogP contribution is 2.48. The number of carbonyl (C=O) groups is 1. The summed E-state index contributed by atoms with van der Waals surface area (Å²) < 4.78 is 0. The molecule has 1 aromatic rings.